The van der Waals surface area contributed by atoms with Gasteiger partial charge in [-0.1, -0.05) is 90.9 Å². The van der Waals surface area contributed by atoms with Gasteiger partial charge in [-0.25, -0.2) is 0 Å². The molecule has 0 bridgehead atoms. The van der Waals surface area contributed by atoms with Gasteiger partial charge in [0, 0.05) is 0 Å². The third kappa shape index (κ3) is 11.0. The third-order valence-electron chi connectivity index (χ3n) is 6.55. The van der Waals surface area contributed by atoms with Gasteiger partial charge >= 0.3 is 0 Å². The summed E-state index contributed by atoms with van der Waals surface area (Å²) in [6.07, 6.45) is 20.6. The maximum Gasteiger partial charge on any atom is 0.119 e. The lowest BCUT2D eigenvalue weighted by Gasteiger charge is -2.28. The van der Waals surface area contributed by atoms with E-state index in [4.69, 9.17) is 9.47 Å². The maximum atomic E-state index is 5.95. The molecule has 1 fully saturated rings. The second-order valence-corrected chi connectivity index (χ2v) is 9.11. The minimum atomic E-state index is 0.815. The van der Waals surface area contributed by atoms with Gasteiger partial charge in [-0.05, 0) is 55.4 Å². The van der Waals surface area contributed by atoms with E-state index in [-0.39, 0.29) is 0 Å². The zero-order valence-corrected chi connectivity index (χ0v) is 19.3. The van der Waals surface area contributed by atoms with Crippen LogP contribution in [0, 0.1) is 11.8 Å². The van der Waals surface area contributed by atoms with Crippen molar-refractivity contribution in [2.45, 2.75) is 110 Å². The Morgan fingerprint density at radius 1 is 0.586 bits per heavy atom. The lowest BCUT2D eigenvalue weighted by atomic mass is 9.78. The Balaban J connectivity index is 1.48. The summed E-state index contributed by atoms with van der Waals surface area (Å²) in [7, 11) is 0. The lowest BCUT2D eigenvalue weighted by Crippen LogP contribution is -2.15. The van der Waals surface area contributed by atoms with Gasteiger partial charge in [-0.2, -0.15) is 0 Å². The summed E-state index contributed by atoms with van der Waals surface area (Å²) >= 11 is 0. The summed E-state index contributed by atoms with van der Waals surface area (Å²) < 4.78 is 11.7. The number of unbranched alkanes of at least 4 members (excludes halogenated alkanes) is 6. The van der Waals surface area contributed by atoms with Gasteiger partial charge in [0.15, 0.2) is 0 Å². The fraction of sp³-hybridized carbons (Fsp3) is 0.778. The molecule has 1 aliphatic carbocycles. The van der Waals surface area contributed by atoms with Crippen molar-refractivity contribution in [1.29, 1.82) is 0 Å². The molecule has 0 spiro atoms. The predicted molar refractivity (Wildman–Crippen MR) is 125 cm³/mol. The Hall–Kier alpha value is -1.18. The molecule has 166 valence electrons. The van der Waals surface area contributed by atoms with Crippen molar-refractivity contribution in [2.75, 3.05) is 13.2 Å². The highest BCUT2D eigenvalue weighted by molar-refractivity contribution is 5.31. The van der Waals surface area contributed by atoms with Crippen LogP contribution in [0.25, 0.3) is 0 Å². The van der Waals surface area contributed by atoms with Gasteiger partial charge in [-0.15, -0.1) is 0 Å². The van der Waals surface area contributed by atoms with E-state index in [2.05, 4.69) is 13.8 Å². The van der Waals surface area contributed by atoms with Crippen LogP contribution in [-0.4, -0.2) is 13.2 Å². The maximum absolute atomic E-state index is 5.95. The van der Waals surface area contributed by atoms with Crippen molar-refractivity contribution in [3.63, 3.8) is 0 Å². The summed E-state index contributed by atoms with van der Waals surface area (Å²) in [5, 5.41) is 0. The van der Waals surface area contributed by atoms with E-state index in [0.717, 1.165) is 43.0 Å². The van der Waals surface area contributed by atoms with Crippen molar-refractivity contribution in [3.8, 4) is 11.5 Å². The van der Waals surface area contributed by atoms with E-state index in [1.165, 1.54) is 89.9 Å². The SMILES string of the molecule is CCCCCCCC1CCC(CCCOc2ccc(OCCCCC)cc2)CC1. The number of hydrogen-bond acceptors (Lipinski definition) is 2. The topological polar surface area (TPSA) is 18.5 Å². The Labute approximate surface area is 180 Å². The largest absolute Gasteiger partial charge is 0.494 e. The third-order valence-corrected chi connectivity index (χ3v) is 6.55. The first kappa shape index (κ1) is 24.1. The highest BCUT2D eigenvalue weighted by Gasteiger charge is 2.20. The molecule has 29 heavy (non-hydrogen) atoms. The zero-order chi connectivity index (χ0) is 20.6. The molecule has 0 aliphatic heterocycles. The molecule has 0 atom stereocenters. The van der Waals surface area contributed by atoms with Crippen LogP contribution >= 0.6 is 0 Å². The molecule has 0 unspecified atom stereocenters. The Morgan fingerprint density at radius 2 is 1.03 bits per heavy atom. The van der Waals surface area contributed by atoms with Crippen molar-refractivity contribution in [2.24, 2.45) is 11.8 Å². The Morgan fingerprint density at radius 3 is 1.59 bits per heavy atom. The molecule has 2 heteroatoms. The first-order chi connectivity index (χ1) is 14.3. The van der Waals surface area contributed by atoms with Crippen LogP contribution in [0.1, 0.15) is 110 Å². The summed E-state index contributed by atoms with van der Waals surface area (Å²) in [6.45, 7) is 6.17. The van der Waals surface area contributed by atoms with E-state index < -0.39 is 0 Å². The number of rotatable bonds is 16. The van der Waals surface area contributed by atoms with Crippen molar-refractivity contribution < 1.29 is 9.47 Å². The molecule has 0 saturated heterocycles. The van der Waals surface area contributed by atoms with Gasteiger partial charge in [0.1, 0.15) is 11.5 Å². The first-order valence-corrected chi connectivity index (χ1v) is 12.7. The molecule has 1 saturated carbocycles. The summed E-state index contributed by atoms with van der Waals surface area (Å²) in [4.78, 5) is 0. The molecule has 2 nitrogen and oxygen atoms in total. The fourth-order valence-electron chi connectivity index (χ4n) is 4.58. The van der Waals surface area contributed by atoms with Crippen molar-refractivity contribution in [1.82, 2.24) is 0 Å². The lowest BCUT2D eigenvalue weighted by molar-refractivity contribution is 0.228. The molecule has 0 amide bonds. The van der Waals surface area contributed by atoms with E-state index in [1.807, 2.05) is 24.3 Å². The van der Waals surface area contributed by atoms with E-state index >= 15 is 0 Å². The highest BCUT2D eigenvalue weighted by Crippen LogP contribution is 2.34. The second kappa shape index (κ2) is 15.6. The molecular formula is C27H46O2. The van der Waals surface area contributed by atoms with Crippen molar-refractivity contribution in [3.05, 3.63) is 24.3 Å². The molecule has 1 aliphatic rings. The monoisotopic (exact) mass is 402 g/mol. The minimum absolute atomic E-state index is 0.815. The quantitative estimate of drug-likeness (QED) is 0.258. The average Bonchev–Trinajstić information content (AvgIpc) is 2.76. The van der Waals surface area contributed by atoms with Crippen LogP contribution in [0.15, 0.2) is 24.3 Å². The van der Waals surface area contributed by atoms with E-state index in [9.17, 15) is 0 Å². The van der Waals surface area contributed by atoms with Crippen LogP contribution in [0.2, 0.25) is 0 Å². The summed E-state index contributed by atoms with van der Waals surface area (Å²) in [5.74, 6) is 3.88. The van der Waals surface area contributed by atoms with Crippen LogP contribution in [-0.2, 0) is 0 Å². The minimum Gasteiger partial charge on any atom is -0.494 e. The highest BCUT2D eigenvalue weighted by atomic mass is 16.5. The van der Waals surface area contributed by atoms with E-state index in [1.54, 1.807) is 0 Å². The molecule has 1 aromatic carbocycles. The predicted octanol–water partition coefficient (Wildman–Crippen LogP) is 8.58. The first-order valence-electron chi connectivity index (χ1n) is 12.7. The Kier molecular flexibility index (Phi) is 13.0. The van der Waals surface area contributed by atoms with Gasteiger partial charge in [0.25, 0.3) is 0 Å². The number of ether oxygens (including phenoxy) is 2. The normalized spacial score (nSPS) is 19.2. The van der Waals surface area contributed by atoms with Gasteiger partial charge in [-0.3, -0.25) is 0 Å². The molecule has 0 aromatic heterocycles. The molecule has 0 N–H and O–H groups in total. The molecule has 0 radical (unpaired) electrons. The Bertz CT molecular complexity index is 488. The second-order valence-electron chi connectivity index (χ2n) is 9.11. The van der Waals surface area contributed by atoms with Crippen molar-refractivity contribution >= 4 is 0 Å². The standard InChI is InChI=1S/C27H46O2/c1-3-5-7-8-9-12-24-14-16-25(17-15-24)13-11-23-29-27-20-18-26(19-21-27)28-22-10-6-4-2/h18-21,24-25H,3-17,22-23H2,1-2H3. The van der Waals surface area contributed by atoms with E-state index in [0.29, 0.717) is 0 Å². The molecule has 2 rings (SSSR count). The summed E-state index contributed by atoms with van der Waals surface area (Å²) in [5.41, 5.74) is 0. The molecule has 0 heterocycles. The van der Waals surface area contributed by atoms with Gasteiger partial charge in [0.05, 0.1) is 13.2 Å². The van der Waals surface area contributed by atoms with Gasteiger partial charge < -0.3 is 9.47 Å². The van der Waals surface area contributed by atoms with Gasteiger partial charge in [0.2, 0.25) is 0 Å². The molecular weight excluding hydrogens is 356 g/mol. The smallest absolute Gasteiger partial charge is 0.119 e. The average molecular weight is 403 g/mol. The van der Waals surface area contributed by atoms with Crippen LogP contribution in [0.3, 0.4) is 0 Å². The van der Waals surface area contributed by atoms with Crippen LogP contribution < -0.4 is 9.47 Å². The molecule has 1 aromatic rings. The fourth-order valence-corrected chi connectivity index (χ4v) is 4.58. The van der Waals surface area contributed by atoms with Crippen LogP contribution in [0.5, 0.6) is 11.5 Å². The number of benzene rings is 1. The van der Waals surface area contributed by atoms with Crippen LogP contribution in [0.4, 0.5) is 0 Å². The number of hydrogen-bond donors (Lipinski definition) is 0. The zero-order valence-electron chi connectivity index (χ0n) is 19.3. The summed E-state index contributed by atoms with van der Waals surface area (Å²) in [6, 6.07) is 8.15.